The fourth-order valence-corrected chi connectivity index (χ4v) is 2.71. The monoisotopic (exact) mass is 249 g/mol. The average Bonchev–Trinajstić information content (AvgIpc) is 2.31. The highest BCUT2D eigenvalue weighted by molar-refractivity contribution is 5.50. The van der Waals surface area contributed by atoms with Crippen LogP contribution in [0.4, 0.5) is 0 Å². The van der Waals surface area contributed by atoms with Crippen molar-refractivity contribution in [3.63, 3.8) is 0 Å². The number of likely N-dealkylation sites (N-methyl/N-ethyl adjacent to an activating group) is 1. The van der Waals surface area contributed by atoms with E-state index >= 15 is 0 Å². The van der Waals surface area contributed by atoms with Crippen molar-refractivity contribution in [1.29, 1.82) is 0 Å². The van der Waals surface area contributed by atoms with E-state index in [-0.39, 0.29) is 0 Å². The molecule has 1 N–H and O–H groups in total. The van der Waals surface area contributed by atoms with Crippen LogP contribution in [-0.2, 0) is 0 Å². The van der Waals surface area contributed by atoms with Crippen LogP contribution >= 0.6 is 0 Å². The predicted molar refractivity (Wildman–Crippen MR) is 78.7 cm³/mol. The van der Waals surface area contributed by atoms with E-state index in [4.69, 9.17) is 4.74 Å². The minimum Gasteiger partial charge on any atom is -0.496 e. The largest absolute Gasteiger partial charge is 0.496 e. The van der Waals surface area contributed by atoms with Crippen LogP contribution in [0.1, 0.15) is 42.0 Å². The molecule has 1 rings (SSSR count). The van der Waals surface area contributed by atoms with Crippen LogP contribution in [0.15, 0.2) is 6.07 Å². The lowest BCUT2D eigenvalue weighted by Gasteiger charge is -2.25. The highest BCUT2D eigenvalue weighted by Gasteiger charge is 2.20. The van der Waals surface area contributed by atoms with Gasteiger partial charge in [-0.25, -0.2) is 0 Å². The highest BCUT2D eigenvalue weighted by Crippen LogP contribution is 2.34. The molecule has 1 atom stereocenters. The summed E-state index contributed by atoms with van der Waals surface area (Å²) in [5.74, 6) is 2.21. The second-order valence-electron chi connectivity index (χ2n) is 5.47. The zero-order valence-corrected chi connectivity index (χ0v) is 12.8. The third kappa shape index (κ3) is 2.86. The van der Waals surface area contributed by atoms with Gasteiger partial charge >= 0.3 is 0 Å². The number of benzene rings is 1. The molecule has 2 heteroatoms. The molecule has 0 amide bonds. The van der Waals surface area contributed by atoms with Crippen LogP contribution in [0.25, 0.3) is 0 Å². The Morgan fingerprint density at radius 1 is 1.17 bits per heavy atom. The quantitative estimate of drug-likeness (QED) is 0.861. The molecule has 0 heterocycles. The molecule has 1 aromatic carbocycles. The van der Waals surface area contributed by atoms with Crippen LogP contribution in [0.3, 0.4) is 0 Å². The SMILES string of the molecule is CNCC(c1cc(C)c(OC)c(C)c1C)C(C)C. The van der Waals surface area contributed by atoms with Gasteiger partial charge in [-0.05, 0) is 61.9 Å². The summed E-state index contributed by atoms with van der Waals surface area (Å²) in [4.78, 5) is 0. The van der Waals surface area contributed by atoms with E-state index in [1.165, 1.54) is 22.3 Å². The Balaban J connectivity index is 3.32. The Morgan fingerprint density at radius 3 is 2.22 bits per heavy atom. The van der Waals surface area contributed by atoms with Crippen molar-refractivity contribution in [2.24, 2.45) is 5.92 Å². The summed E-state index contributed by atoms with van der Waals surface area (Å²) < 4.78 is 5.50. The minimum atomic E-state index is 0.554. The number of nitrogens with one attached hydrogen (secondary N) is 1. The smallest absolute Gasteiger partial charge is 0.124 e. The molecule has 0 spiro atoms. The summed E-state index contributed by atoms with van der Waals surface area (Å²) >= 11 is 0. The molecule has 1 unspecified atom stereocenters. The fourth-order valence-electron chi connectivity index (χ4n) is 2.71. The molecule has 102 valence electrons. The molecule has 18 heavy (non-hydrogen) atoms. The summed E-state index contributed by atoms with van der Waals surface area (Å²) in [5.41, 5.74) is 5.33. The molecule has 0 aliphatic rings. The molecule has 0 radical (unpaired) electrons. The maximum absolute atomic E-state index is 5.50. The van der Waals surface area contributed by atoms with Crippen LogP contribution in [0.5, 0.6) is 5.75 Å². The van der Waals surface area contributed by atoms with Gasteiger partial charge in [0.2, 0.25) is 0 Å². The van der Waals surface area contributed by atoms with Crippen molar-refractivity contribution in [2.75, 3.05) is 20.7 Å². The number of ether oxygens (including phenoxy) is 1. The second-order valence-corrected chi connectivity index (χ2v) is 5.47. The molecule has 0 aliphatic heterocycles. The molecule has 0 aliphatic carbocycles. The predicted octanol–water partition coefficient (Wildman–Crippen LogP) is 3.58. The lowest BCUT2D eigenvalue weighted by Crippen LogP contribution is -2.22. The van der Waals surface area contributed by atoms with Gasteiger partial charge < -0.3 is 10.1 Å². The zero-order chi connectivity index (χ0) is 13.9. The van der Waals surface area contributed by atoms with Crippen LogP contribution in [0.2, 0.25) is 0 Å². The van der Waals surface area contributed by atoms with E-state index < -0.39 is 0 Å². The van der Waals surface area contributed by atoms with E-state index in [9.17, 15) is 0 Å². The third-order valence-electron chi connectivity index (χ3n) is 3.90. The Hall–Kier alpha value is -1.02. The number of rotatable bonds is 5. The Labute approximate surface area is 112 Å². The third-order valence-corrected chi connectivity index (χ3v) is 3.90. The molecular formula is C16H27NO. The maximum atomic E-state index is 5.50. The zero-order valence-electron chi connectivity index (χ0n) is 12.8. The van der Waals surface area contributed by atoms with Gasteiger partial charge in [-0.3, -0.25) is 0 Å². The Bertz CT molecular complexity index is 410. The fraction of sp³-hybridized carbons (Fsp3) is 0.625. The lowest BCUT2D eigenvalue weighted by atomic mass is 9.83. The van der Waals surface area contributed by atoms with Gasteiger partial charge in [0.25, 0.3) is 0 Å². The van der Waals surface area contributed by atoms with E-state index in [0.717, 1.165) is 12.3 Å². The van der Waals surface area contributed by atoms with E-state index in [2.05, 4.69) is 46.0 Å². The summed E-state index contributed by atoms with van der Waals surface area (Å²) in [7, 11) is 3.77. The van der Waals surface area contributed by atoms with Crippen LogP contribution in [0, 0.1) is 26.7 Å². The normalized spacial score (nSPS) is 12.9. The first-order chi connectivity index (χ1) is 8.43. The van der Waals surface area contributed by atoms with E-state index in [1.54, 1.807) is 7.11 Å². The molecule has 1 aromatic rings. The first-order valence-electron chi connectivity index (χ1n) is 6.73. The maximum Gasteiger partial charge on any atom is 0.124 e. The van der Waals surface area contributed by atoms with Crippen molar-refractivity contribution in [2.45, 2.75) is 40.5 Å². The first-order valence-corrected chi connectivity index (χ1v) is 6.73. The summed E-state index contributed by atoms with van der Waals surface area (Å²) in [6.07, 6.45) is 0. The van der Waals surface area contributed by atoms with Gasteiger partial charge in [0, 0.05) is 6.54 Å². The van der Waals surface area contributed by atoms with Crippen LogP contribution in [-0.4, -0.2) is 20.7 Å². The standard InChI is InChI=1S/C16H27NO/c1-10(2)15(9-17-6)14-8-11(3)16(18-7)13(5)12(14)4/h8,10,15,17H,9H2,1-7H3. The Kier molecular flexibility index (Phi) is 5.21. The van der Waals surface area contributed by atoms with Crippen molar-refractivity contribution in [1.82, 2.24) is 5.32 Å². The van der Waals surface area contributed by atoms with Crippen molar-refractivity contribution < 1.29 is 4.74 Å². The number of hydrogen-bond acceptors (Lipinski definition) is 2. The molecule has 0 saturated heterocycles. The highest BCUT2D eigenvalue weighted by atomic mass is 16.5. The second kappa shape index (κ2) is 6.24. The lowest BCUT2D eigenvalue weighted by molar-refractivity contribution is 0.406. The number of hydrogen-bond donors (Lipinski definition) is 1. The van der Waals surface area contributed by atoms with Gasteiger partial charge in [0.05, 0.1) is 7.11 Å². The molecule has 0 fully saturated rings. The van der Waals surface area contributed by atoms with Crippen molar-refractivity contribution in [3.8, 4) is 5.75 Å². The number of aryl methyl sites for hydroxylation is 1. The summed E-state index contributed by atoms with van der Waals surface area (Å²) in [6, 6.07) is 2.29. The summed E-state index contributed by atoms with van der Waals surface area (Å²) in [5, 5.41) is 3.31. The topological polar surface area (TPSA) is 21.3 Å². The van der Waals surface area contributed by atoms with Gasteiger partial charge in [-0.15, -0.1) is 0 Å². The molecule has 0 saturated carbocycles. The average molecular weight is 249 g/mol. The number of methoxy groups -OCH3 is 1. The first kappa shape index (κ1) is 15.0. The van der Waals surface area contributed by atoms with E-state index in [1.807, 2.05) is 7.05 Å². The summed E-state index contributed by atoms with van der Waals surface area (Å²) in [6.45, 7) is 12.1. The van der Waals surface area contributed by atoms with Crippen LogP contribution < -0.4 is 10.1 Å². The van der Waals surface area contributed by atoms with Gasteiger partial charge in [0.1, 0.15) is 5.75 Å². The van der Waals surface area contributed by atoms with E-state index in [0.29, 0.717) is 11.8 Å². The molecular weight excluding hydrogens is 222 g/mol. The molecule has 0 aromatic heterocycles. The van der Waals surface area contributed by atoms with Crippen molar-refractivity contribution >= 4 is 0 Å². The minimum absolute atomic E-state index is 0.554. The molecule has 0 bridgehead atoms. The van der Waals surface area contributed by atoms with Gasteiger partial charge in [0.15, 0.2) is 0 Å². The van der Waals surface area contributed by atoms with Gasteiger partial charge in [-0.1, -0.05) is 19.9 Å². The van der Waals surface area contributed by atoms with Gasteiger partial charge in [-0.2, -0.15) is 0 Å². The molecule has 2 nitrogen and oxygen atoms in total. The van der Waals surface area contributed by atoms with Crippen molar-refractivity contribution in [3.05, 3.63) is 28.3 Å². The Morgan fingerprint density at radius 2 is 1.78 bits per heavy atom.